The zero-order valence-corrected chi connectivity index (χ0v) is 10.2. The number of hydrogen-bond donors (Lipinski definition) is 1. The Morgan fingerprint density at radius 1 is 1.50 bits per heavy atom. The van der Waals surface area contributed by atoms with Gasteiger partial charge in [-0.2, -0.15) is 0 Å². The molecule has 0 atom stereocenters. The van der Waals surface area contributed by atoms with Crippen LogP contribution in [0.1, 0.15) is 25.7 Å². The Kier molecular flexibility index (Phi) is 3.55. The SMILES string of the molecule is Ic1cncnc1NCCC1CCC1. The van der Waals surface area contributed by atoms with Crippen LogP contribution in [-0.4, -0.2) is 16.5 Å². The highest BCUT2D eigenvalue weighted by Crippen LogP contribution is 2.29. The normalized spacial score (nSPS) is 16.4. The topological polar surface area (TPSA) is 37.8 Å². The summed E-state index contributed by atoms with van der Waals surface area (Å²) in [6, 6.07) is 0. The Labute approximate surface area is 97.9 Å². The Hall–Kier alpha value is -0.390. The molecular weight excluding hydrogens is 289 g/mol. The van der Waals surface area contributed by atoms with Crippen molar-refractivity contribution in [2.45, 2.75) is 25.7 Å². The van der Waals surface area contributed by atoms with Crippen LogP contribution in [0.15, 0.2) is 12.5 Å². The second-order valence-electron chi connectivity index (χ2n) is 3.73. The predicted molar refractivity (Wildman–Crippen MR) is 65.2 cm³/mol. The van der Waals surface area contributed by atoms with Crippen molar-refractivity contribution in [3.63, 3.8) is 0 Å². The number of anilines is 1. The van der Waals surface area contributed by atoms with E-state index in [1.165, 1.54) is 25.7 Å². The van der Waals surface area contributed by atoms with Gasteiger partial charge < -0.3 is 5.32 Å². The average Bonchev–Trinajstić information content (AvgIpc) is 2.12. The second-order valence-corrected chi connectivity index (χ2v) is 4.89. The first-order valence-electron chi connectivity index (χ1n) is 5.05. The quantitative estimate of drug-likeness (QED) is 0.869. The van der Waals surface area contributed by atoms with E-state index in [-0.39, 0.29) is 0 Å². The minimum absolute atomic E-state index is 0.960. The van der Waals surface area contributed by atoms with Crippen LogP contribution in [-0.2, 0) is 0 Å². The average molecular weight is 303 g/mol. The van der Waals surface area contributed by atoms with E-state index in [0.717, 1.165) is 21.9 Å². The minimum atomic E-state index is 0.960. The lowest BCUT2D eigenvalue weighted by molar-refractivity contribution is 0.303. The third-order valence-electron chi connectivity index (χ3n) is 2.74. The van der Waals surface area contributed by atoms with Crippen molar-refractivity contribution in [1.29, 1.82) is 0 Å². The van der Waals surface area contributed by atoms with Gasteiger partial charge in [-0.25, -0.2) is 9.97 Å². The van der Waals surface area contributed by atoms with E-state index < -0.39 is 0 Å². The molecule has 0 aliphatic heterocycles. The lowest BCUT2D eigenvalue weighted by Gasteiger charge is -2.25. The van der Waals surface area contributed by atoms with Crippen molar-refractivity contribution in [3.8, 4) is 0 Å². The van der Waals surface area contributed by atoms with Crippen molar-refractivity contribution < 1.29 is 0 Å². The fraction of sp³-hybridized carbons (Fsp3) is 0.600. The maximum atomic E-state index is 4.19. The van der Waals surface area contributed by atoms with E-state index >= 15 is 0 Å². The highest BCUT2D eigenvalue weighted by atomic mass is 127. The van der Waals surface area contributed by atoms with Gasteiger partial charge in [0.1, 0.15) is 12.1 Å². The molecule has 1 aromatic heterocycles. The van der Waals surface area contributed by atoms with Gasteiger partial charge >= 0.3 is 0 Å². The molecule has 0 saturated heterocycles. The number of nitrogens with zero attached hydrogens (tertiary/aromatic N) is 2. The maximum absolute atomic E-state index is 4.19. The van der Waals surface area contributed by atoms with Crippen LogP contribution < -0.4 is 5.32 Å². The summed E-state index contributed by atoms with van der Waals surface area (Å²) in [5.41, 5.74) is 0. The molecule has 0 aromatic carbocycles. The fourth-order valence-electron chi connectivity index (χ4n) is 1.62. The van der Waals surface area contributed by atoms with E-state index in [2.05, 4.69) is 37.9 Å². The third-order valence-corrected chi connectivity index (χ3v) is 3.53. The molecule has 14 heavy (non-hydrogen) atoms. The molecule has 0 spiro atoms. The summed E-state index contributed by atoms with van der Waals surface area (Å²) >= 11 is 2.25. The lowest BCUT2D eigenvalue weighted by atomic mass is 9.83. The Bertz CT molecular complexity index is 299. The molecule has 0 amide bonds. The van der Waals surface area contributed by atoms with Crippen molar-refractivity contribution in [2.24, 2.45) is 5.92 Å². The number of hydrogen-bond acceptors (Lipinski definition) is 3. The van der Waals surface area contributed by atoms with Gasteiger partial charge in [-0.05, 0) is 34.9 Å². The van der Waals surface area contributed by atoms with Crippen LogP contribution in [0.2, 0.25) is 0 Å². The van der Waals surface area contributed by atoms with Crippen molar-refractivity contribution in [3.05, 3.63) is 16.1 Å². The highest BCUT2D eigenvalue weighted by Gasteiger charge is 2.16. The second kappa shape index (κ2) is 4.91. The summed E-state index contributed by atoms with van der Waals surface area (Å²) < 4.78 is 1.10. The molecule has 1 fully saturated rings. The molecular formula is C10H14IN3. The van der Waals surface area contributed by atoms with Gasteiger partial charge in [-0.15, -0.1) is 0 Å². The van der Waals surface area contributed by atoms with Crippen LogP contribution in [0.25, 0.3) is 0 Å². The molecule has 3 nitrogen and oxygen atoms in total. The number of nitrogens with one attached hydrogen (secondary N) is 1. The molecule has 1 saturated carbocycles. The maximum Gasteiger partial charge on any atom is 0.142 e. The monoisotopic (exact) mass is 303 g/mol. The molecule has 0 bridgehead atoms. The van der Waals surface area contributed by atoms with E-state index in [0.29, 0.717) is 0 Å². The van der Waals surface area contributed by atoms with Crippen molar-refractivity contribution in [1.82, 2.24) is 9.97 Å². The molecule has 1 aromatic rings. The number of rotatable bonds is 4. The predicted octanol–water partition coefficient (Wildman–Crippen LogP) is 2.68. The van der Waals surface area contributed by atoms with E-state index in [1.807, 2.05) is 6.20 Å². The Morgan fingerprint density at radius 2 is 2.36 bits per heavy atom. The molecule has 1 aliphatic carbocycles. The first-order valence-corrected chi connectivity index (χ1v) is 6.13. The Morgan fingerprint density at radius 3 is 3.00 bits per heavy atom. The highest BCUT2D eigenvalue weighted by molar-refractivity contribution is 14.1. The summed E-state index contributed by atoms with van der Waals surface area (Å²) in [4.78, 5) is 8.15. The van der Waals surface area contributed by atoms with Gasteiger partial charge in [0.15, 0.2) is 0 Å². The van der Waals surface area contributed by atoms with Crippen LogP contribution in [0, 0.1) is 9.49 Å². The first-order chi connectivity index (χ1) is 6.86. The van der Waals surface area contributed by atoms with E-state index in [1.54, 1.807) is 6.33 Å². The third kappa shape index (κ3) is 2.56. The Balaban J connectivity index is 1.76. The zero-order chi connectivity index (χ0) is 9.80. The smallest absolute Gasteiger partial charge is 0.142 e. The van der Waals surface area contributed by atoms with Gasteiger partial charge in [0.25, 0.3) is 0 Å². The summed E-state index contributed by atoms with van der Waals surface area (Å²) in [7, 11) is 0. The molecule has 2 rings (SSSR count). The number of halogens is 1. The van der Waals surface area contributed by atoms with Crippen LogP contribution in [0.4, 0.5) is 5.82 Å². The fourth-order valence-corrected chi connectivity index (χ4v) is 2.11. The van der Waals surface area contributed by atoms with Gasteiger partial charge in [0.2, 0.25) is 0 Å². The summed E-state index contributed by atoms with van der Waals surface area (Å²) in [5, 5.41) is 3.35. The molecule has 0 radical (unpaired) electrons. The van der Waals surface area contributed by atoms with Gasteiger partial charge in [0, 0.05) is 12.7 Å². The van der Waals surface area contributed by atoms with Gasteiger partial charge in [0.05, 0.1) is 3.57 Å². The number of aromatic nitrogens is 2. The standard InChI is InChI=1S/C10H14IN3/c11-9-6-12-7-14-10(9)13-5-4-8-2-1-3-8/h6-8H,1-5H2,(H,12,13,14). The van der Waals surface area contributed by atoms with Gasteiger partial charge in [-0.3, -0.25) is 0 Å². The van der Waals surface area contributed by atoms with Crippen LogP contribution in [0.3, 0.4) is 0 Å². The summed E-state index contributed by atoms with van der Waals surface area (Å²) in [6.07, 6.45) is 8.97. The van der Waals surface area contributed by atoms with E-state index in [4.69, 9.17) is 0 Å². The molecule has 1 aliphatic rings. The molecule has 4 heteroatoms. The molecule has 1 heterocycles. The van der Waals surface area contributed by atoms with Gasteiger partial charge in [-0.1, -0.05) is 19.3 Å². The molecule has 1 N–H and O–H groups in total. The minimum Gasteiger partial charge on any atom is -0.369 e. The van der Waals surface area contributed by atoms with Crippen molar-refractivity contribution in [2.75, 3.05) is 11.9 Å². The largest absolute Gasteiger partial charge is 0.369 e. The lowest BCUT2D eigenvalue weighted by Crippen LogP contribution is -2.16. The summed E-state index contributed by atoms with van der Waals surface area (Å²) in [5.74, 6) is 1.93. The molecule has 0 unspecified atom stereocenters. The van der Waals surface area contributed by atoms with Crippen molar-refractivity contribution >= 4 is 28.4 Å². The summed E-state index contributed by atoms with van der Waals surface area (Å²) in [6.45, 7) is 1.04. The molecule has 76 valence electrons. The van der Waals surface area contributed by atoms with Crippen LogP contribution in [0.5, 0.6) is 0 Å². The van der Waals surface area contributed by atoms with Crippen LogP contribution >= 0.6 is 22.6 Å². The van der Waals surface area contributed by atoms with E-state index in [9.17, 15) is 0 Å². The zero-order valence-electron chi connectivity index (χ0n) is 8.04. The first kappa shape index (κ1) is 10.1.